The molecule has 1 heterocycles. The van der Waals surface area contributed by atoms with Crippen molar-refractivity contribution >= 4 is 11.6 Å². The van der Waals surface area contributed by atoms with E-state index in [1.165, 1.54) is 4.68 Å². The molecule has 0 aliphatic rings. The van der Waals surface area contributed by atoms with E-state index in [0.29, 0.717) is 17.9 Å². The second-order valence-corrected chi connectivity index (χ2v) is 3.77. The van der Waals surface area contributed by atoms with Crippen LogP contribution in [-0.2, 0) is 13.6 Å². The van der Waals surface area contributed by atoms with Crippen molar-refractivity contribution in [2.75, 3.05) is 5.73 Å². The summed E-state index contributed by atoms with van der Waals surface area (Å²) in [5.74, 6) is -0.146. The highest BCUT2D eigenvalue weighted by atomic mass is 16.2. The zero-order valence-corrected chi connectivity index (χ0v) is 9.55. The number of nitrogens with one attached hydrogen (secondary N) is 1. The van der Waals surface area contributed by atoms with Gasteiger partial charge in [-0.2, -0.15) is 5.10 Å². The first-order valence-corrected chi connectivity index (χ1v) is 5.27. The topological polar surface area (TPSA) is 72.9 Å². The molecule has 88 valence electrons. The van der Waals surface area contributed by atoms with Gasteiger partial charge in [-0.15, -0.1) is 0 Å². The molecule has 0 spiro atoms. The van der Waals surface area contributed by atoms with Crippen molar-refractivity contribution in [1.29, 1.82) is 0 Å². The van der Waals surface area contributed by atoms with Gasteiger partial charge in [-0.3, -0.25) is 9.48 Å². The summed E-state index contributed by atoms with van der Waals surface area (Å²) < 4.78 is 1.54. The Morgan fingerprint density at radius 2 is 2.29 bits per heavy atom. The molecule has 0 atom stereocenters. The molecule has 0 aliphatic carbocycles. The Labute approximate surface area is 99.2 Å². The molecule has 3 N–H and O–H groups in total. The van der Waals surface area contributed by atoms with Crippen molar-refractivity contribution in [2.45, 2.75) is 6.54 Å². The maximum absolute atomic E-state index is 11.8. The van der Waals surface area contributed by atoms with Gasteiger partial charge in [-0.05, 0) is 23.8 Å². The summed E-state index contributed by atoms with van der Waals surface area (Å²) in [5.41, 5.74) is 7.86. The van der Waals surface area contributed by atoms with E-state index in [4.69, 9.17) is 5.73 Å². The van der Waals surface area contributed by atoms with Gasteiger partial charge in [0.25, 0.3) is 5.91 Å². The van der Waals surface area contributed by atoms with Gasteiger partial charge in [0, 0.05) is 25.5 Å². The normalized spacial score (nSPS) is 10.2. The third-order valence-corrected chi connectivity index (χ3v) is 2.46. The second-order valence-electron chi connectivity index (χ2n) is 3.77. The third-order valence-electron chi connectivity index (χ3n) is 2.46. The minimum atomic E-state index is -0.146. The summed E-state index contributed by atoms with van der Waals surface area (Å²) in [6, 6.07) is 9.10. The lowest BCUT2D eigenvalue weighted by atomic mass is 10.2. The van der Waals surface area contributed by atoms with Crippen molar-refractivity contribution in [1.82, 2.24) is 15.1 Å². The number of nitrogen functional groups attached to an aromatic ring is 1. The number of hydrogen-bond acceptors (Lipinski definition) is 3. The quantitative estimate of drug-likeness (QED) is 0.770. The summed E-state index contributed by atoms with van der Waals surface area (Å²) in [6.45, 7) is 0.453. The molecule has 17 heavy (non-hydrogen) atoms. The number of amides is 1. The zero-order chi connectivity index (χ0) is 12.3. The summed E-state index contributed by atoms with van der Waals surface area (Å²) in [5, 5.41) is 6.76. The van der Waals surface area contributed by atoms with Crippen LogP contribution in [-0.4, -0.2) is 15.7 Å². The predicted octanol–water partition coefficient (Wildman–Crippen LogP) is 0.932. The average molecular weight is 230 g/mol. The Morgan fingerprint density at radius 1 is 1.47 bits per heavy atom. The van der Waals surface area contributed by atoms with Gasteiger partial charge in [0.05, 0.1) is 0 Å². The SMILES string of the molecule is Cn1nccc1C(=O)NCc1cccc(N)c1. The number of carbonyl (C=O) groups excluding carboxylic acids is 1. The zero-order valence-electron chi connectivity index (χ0n) is 9.55. The second kappa shape index (κ2) is 4.69. The fraction of sp³-hybridized carbons (Fsp3) is 0.167. The number of aromatic nitrogens is 2. The molecule has 0 saturated heterocycles. The minimum Gasteiger partial charge on any atom is -0.399 e. The van der Waals surface area contributed by atoms with Gasteiger partial charge in [-0.1, -0.05) is 12.1 Å². The Morgan fingerprint density at radius 3 is 2.94 bits per heavy atom. The molecule has 0 radical (unpaired) electrons. The van der Waals surface area contributed by atoms with Crippen LogP contribution in [0.4, 0.5) is 5.69 Å². The first-order chi connectivity index (χ1) is 8.16. The van der Waals surface area contributed by atoms with Crippen molar-refractivity contribution in [3.63, 3.8) is 0 Å². The highest BCUT2D eigenvalue weighted by Gasteiger charge is 2.08. The van der Waals surface area contributed by atoms with Crippen LogP contribution in [0.2, 0.25) is 0 Å². The lowest BCUT2D eigenvalue weighted by Gasteiger charge is -2.06. The number of rotatable bonds is 3. The summed E-state index contributed by atoms with van der Waals surface area (Å²) in [4.78, 5) is 11.8. The molecule has 1 aromatic carbocycles. The van der Waals surface area contributed by atoms with Crippen molar-refractivity contribution in [2.24, 2.45) is 7.05 Å². The molecule has 0 fully saturated rings. The van der Waals surface area contributed by atoms with Crippen LogP contribution in [0.25, 0.3) is 0 Å². The van der Waals surface area contributed by atoms with Gasteiger partial charge in [0.2, 0.25) is 0 Å². The van der Waals surface area contributed by atoms with Crippen LogP contribution < -0.4 is 11.1 Å². The molecule has 0 bridgehead atoms. The van der Waals surface area contributed by atoms with E-state index in [1.807, 2.05) is 24.3 Å². The van der Waals surface area contributed by atoms with E-state index in [9.17, 15) is 4.79 Å². The maximum atomic E-state index is 11.8. The fourth-order valence-corrected chi connectivity index (χ4v) is 1.57. The van der Waals surface area contributed by atoms with Crippen LogP contribution in [0, 0.1) is 0 Å². The molecule has 5 nitrogen and oxygen atoms in total. The molecule has 5 heteroatoms. The highest BCUT2D eigenvalue weighted by Crippen LogP contribution is 2.06. The van der Waals surface area contributed by atoms with Gasteiger partial charge in [-0.25, -0.2) is 0 Å². The molecule has 0 aliphatic heterocycles. The summed E-state index contributed by atoms with van der Waals surface area (Å²) in [6.07, 6.45) is 1.59. The van der Waals surface area contributed by atoms with Crippen molar-refractivity contribution in [3.05, 3.63) is 47.8 Å². The molecular weight excluding hydrogens is 216 g/mol. The molecule has 1 amide bonds. The molecule has 0 saturated carbocycles. The highest BCUT2D eigenvalue weighted by molar-refractivity contribution is 5.92. The first-order valence-electron chi connectivity index (χ1n) is 5.27. The van der Waals surface area contributed by atoms with Gasteiger partial charge >= 0.3 is 0 Å². The molecule has 2 aromatic rings. The van der Waals surface area contributed by atoms with E-state index >= 15 is 0 Å². The Kier molecular flexibility index (Phi) is 3.09. The number of aryl methyl sites for hydroxylation is 1. The predicted molar refractivity (Wildman–Crippen MR) is 65.2 cm³/mol. The van der Waals surface area contributed by atoms with Gasteiger partial charge < -0.3 is 11.1 Å². The van der Waals surface area contributed by atoms with Crippen LogP contribution in [0.3, 0.4) is 0 Å². The smallest absolute Gasteiger partial charge is 0.269 e. The van der Waals surface area contributed by atoms with E-state index < -0.39 is 0 Å². The number of carbonyl (C=O) groups is 1. The third kappa shape index (κ3) is 2.63. The number of anilines is 1. The lowest BCUT2D eigenvalue weighted by Crippen LogP contribution is -2.25. The molecule has 0 unspecified atom stereocenters. The Hall–Kier alpha value is -2.30. The standard InChI is InChI=1S/C12H14N4O/c1-16-11(5-6-15-16)12(17)14-8-9-3-2-4-10(13)7-9/h2-7H,8,13H2,1H3,(H,14,17). The molecule has 1 aromatic heterocycles. The lowest BCUT2D eigenvalue weighted by molar-refractivity contribution is 0.0941. The summed E-state index contributed by atoms with van der Waals surface area (Å²) >= 11 is 0. The maximum Gasteiger partial charge on any atom is 0.269 e. The average Bonchev–Trinajstić information content (AvgIpc) is 2.72. The number of nitrogens with zero attached hydrogens (tertiary/aromatic N) is 2. The minimum absolute atomic E-state index is 0.146. The molecular formula is C12H14N4O. The molecule has 2 rings (SSSR count). The summed E-state index contributed by atoms with van der Waals surface area (Å²) in [7, 11) is 1.73. The van der Waals surface area contributed by atoms with Crippen LogP contribution in [0.5, 0.6) is 0 Å². The van der Waals surface area contributed by atoms with Crippen LogP contribution in [0.15, 0.2) is 36.5 Å². The Balaban J connectivity index is 1.99. The number of benzene rings is 1. The number of hydrogen-bond donors (Lipinski definition) is 2. The first kappa shape index (κ1) is 11.2. The van der Waals surface area contributed by atoms with E-state index in [0.717, 1.165) is 5.56 Å². The van der Waals surface area contributed by atoms with Crippen molar-refractivity contribution < 1.29 is 4.79 Å². The van der Waals surface area contributed by atoms with Crippen LogP contribution >= 0.6 is 0 Å². The van der Waals surface area contributed by atoms with Gasteiger partial charge in [0.15, 0.2) is 0 Å². The van der Waals surface area contributed by atoms with Gasteiger partial charge in [0.1, 0.15) is 5.69 Å². The van der Waals surface area contributed by atoms with E-state index in [2.05, 4.69) is 10.4 Å². The monoisotopic (exact) mass is 230 g/mol. The van der Waals surface area contributed by atoms with Crippen molar-refractivity contribution in [3.8, 4) is 0 Å². The largest absolute Gasteiger partial charge is 0.399 e. The van der Waals surface area contributed by atoms with E-state index in [-0.39, 0.29) is 5.91 Å². The van der Waals surface area contributed by atoms with E-state index in [1.54, 1.807) is 19.3 Å². The Bertz CT molecular complexity index is 533. The van der Waals surface area contributed by atoms with Crippen LogP contribution in [0.1, 0.15) is 16.1 Å². The number of nitrogens with two attached hydrogens (primary N) is 1. The fourth-order valence-electron chi connectivity index (χ4n) is 1.57.